The van der Waals surface area contributed by atoms with Crippen molar-refractivity contribution in [2.24, 2.45) is 10.9 Å². The van der Waals surface area contributed by atoms with Crippen molar-refractivity contribution in [1.29, 1.82) is 0 Å². The number of oxime groups is 1. The number of amidine groups is 1. The van der Waals surface area contributed by atoms with Crippen LogP contribution in [0.1, 0.15) is 24.5 Å². The summed E-state index contributed by atoms with van der Waals surface area (Å²) in [5.41, 5.74) is 7.49. The minimum atomic E-state index is 0.158. The van der Waals surface area contributed by atoms with Gasteiger partial charge in [-0.15, -0.1) is 0 Å². The van der Waals surface area contributed by atoms with Gasteiger partial charge in [-0.05, 0) is 18.2 Å². The second-order valence-electron chi connectivity index (χ2n) is 4.08. The van der Waals surface area contributed by atoms with Gasteiger partial charge in [0.15, 0.2) is 5.84 Å². The summed E-state index contributed by atoms with van der Waals surface area (Å²) in [7, 11) is 0. The van der Waals surface area contributed by atoms with E-state index in [0.29, 0.717) is 6.04 Å². The van der Waals surface area contributed by atoms with E-state index in [9.17, 15) is 0 Å². The quantitative estimate of drug-likeness (QED) is 0.306. The zero-order chi connectivity index (χ0) is 13.4. The highest BCUT2D eigenvalue weighted by atomic mass is 32.2. The molecule has 0 aliphatic carbocycles. The van der Waals surface area contributed by atoms with E-state index in [1.807, 2.05) is 36.0 Å². The average Bonchev–Trinajstić information content (AvgIpc) is 2.43. The van der Waals surface area contributed by atoms with Crippen LogP contribution in [0, 0.1) is 0 Å². The van der Waals surface area contributed by atoms with Crippen molar-refractivity contribution in [3.63, 3.8) is 0 Å². The third-order valence-electron chi connectivity index (χ3n) is 2.84. The first-order valence-corrected chi connectivity index (χ1v) is 7.40. The number of benzene rings is 1. The topological polar surface area (TPSA) is 70.6 Å². The summed E-state index contributed by atoms with van der Waals surface area (Å²) in [5, 5.41) is 15.3. The molecule has 100 valence electrons. The zero-order valence-corrected chi connectivity index (χ0v) is 11.7. The van der Waals surface area contributed by atoms with E-state index in [1.165, 1.54) is 0 Å². The van der Waals surface area contributed by atoms with Crippen molar-refractivity contribution >= 4 is 17.6 Å². The Morgan fingerprint density at radius 1 is 1.50 bits per heavy atom. The molecule has 0 aromatic heterocycles. The number of thioether (sulfide) groups is 1. The molecule has 18 heavy (non-hydrogen) atoms. The van der Waals surface area contributed by atoms with Gasteiger partial charge in [-0.2, -0.15) is 11.8 Å². The molecule has 4 N–H and O–H groups in total. The number of nitrogens with two attached hydrogens (primary N) is 1. The molecule has 0 aliphatic heterocycles. The summed E-state index contributed by atoms with van der Waals surface area (Å²) in [4.78, 5) is 0. The summed E-state index contributed by atoms with van der Waals surface area (Å²) in [6.45, 7) is 2.90. The van der Waals surface area contributed by atoms with Gasteiger partial charge in [0, 0.05) is 23.9 Å². The standard InChI is InChI=1S/C13H21N3OS/c1-3-11(9-18-2)15-8-10-6-4-5-7-12(10)13(14)16-17/h4-7,11,15,17H,3,8-9H2,1-2H3,(H2,14,16). The van der Waals surface area contributed by atoms with Gasteiger partial charge in [0.1, 0.15) is 0 Å². The van der Waals surface area contributed by atoms with E-state index in [0.717, 1.165) is 29.8 Å². The Kier molecular flexibility index (Phi) is 6.60. The van der Waals surface area contributed by atoms with Gasteiger partial charge >= 0.3 is 0 Å². The number of nitrogens with zero attached hydrogens (tertiary/aromatic N) is 1. The lowest BCUT2D eigenvalue weighted by molar-refractivity contribution is 0.318. The van der Waals surface area contributed by atoms with Gasteiger partial charge in [-0.3, -0.25) is 0 Å². The lowest BCUT2D eigenvalue weighted by atomic mass is 10.1. The van der Waals surface area contributed by atoms with E-state index < -0.39 is 0 Å². The molecule has 1 aromatic carbocycles. The Hall–Kier alpha value is -1.20. The predicted molar refractivity (Wildman–Crippen MR) is 78.3 cm³/mol. The Bertz CT molecular complexity index is 396. The molecule has 0 bridgehead atoms. The van der Waals surface area contributed by atoms with Crippen LogP contribution in [-0.2, 0) is 6.54 Å². The Morgan fingerprint density at radius 2 is 2.22 bits per heavy atom. The van der Waals surface area contributed by atoms with Crippen LogP contribution in [-0.4, -0.2) is 29.1 Å². The van der Waals surface area contributed by atoms with Crippen molar-refractivity contribution in [2.45, 2.75) is 25.9 Å². The summed E-state index contributed by atoms with van der Waals surface area (Å²) < 4.78 is 0. The number of hydrogen-bond donors (Lipinski definition) is 3. The van der Waals surface area contributed by atoms with Crippen LogP contribution in [0.25, 0.3) is 0 Å². The molecule has 1 rings (SSSR count). The maximum atomic E-state index is 8.76. The number of rotatable bonds is 7. The second kappa shape index (κ2) is 8.00. The molecule has 1 unspecified atom stereocenters. The molecule has 5 heteroatoms. The van der Waals surface area contributed by atoms with Gasteiger partial charge in [0.25, 0.3) is 0 Å². The predicted octanol–water partition coefficient (Wildman–Crippen LogP) is 2.01. The lowest BCUT2D eigenvalue weighted by Crippen LogP contribution is -2.31. The SMILES string of the molecule is CCC(CSC)NCc1ccccc1/C(N)=N/O. The Balaban J connectivity index is 2.72. The first kappa shape index (κ1) is 14.9. The van der Waals surface area contributed by atoms with Gasteiger partial charge in [-0.1, -0.05) is 36.3 Å². The maximum Gasteiger partial charge on any atom is 0.170 e. The second-order valence-corrected chi connectivity index (χ2v) is 4.99. The van der Waals surface area contributed by atoms with Gasteiger partial charge in [0.05, 0.1) is 0 Å². The third-order valence-corrected chi connectivity index (χ3v) is 3.58. The van der Waals surface area contributed by atoms with Crippen LogP contribution in [0.4, 0.5) is 0 Å². The van der Waals surface area contributed by atoms with Crippen LogP contribution in [0.3, 0.4) is 0 Å². The molecule has 1 aromatic rings. The van der Waals surface area contributed by atoms with Gasteiger partial charge < -0.3 is 16.3 Å². The van der Waals surface area contributed by atoms with Crippen molar-refractivity contribution in [3.8, 4) is 0 Å². The minimum Gasteiger partial charge on any atom is -0.409 e. The molecule has 0 heterocycles. The fourth-order valence-electron chi connectivity index (χ4n) is 1.75. The van der Waals surface area contributed by atoms with E-state index in [-0.39, 0.29) is 5.84 Å². The van der Waals surface area contributed by atoms with Crippen LogP contribution >= 0.6 is 11.8 Å². The molecular formula is C13H21N3OS. The number of nitrogens with one attached hydrogen (secondary N) is 1. The van der Waals surface area contributed by atoms with Crippen molar-refractivity contribution in [3.05, 3.63) is 35.4 Å². The van der Waals surface area contributed by atoms with Crippen molar-refractivity contribution in [2.75, 3.05) is 12.0 Å². The average molecular weight is 267 g/mol. The zero-order valence-electron chi connectivity index (χ0n) is 10.9. The van der Waals surface area contributed by atoms with Crippen LogP contribution in [0.5, 0.6) is 0 Å². The maximum absolute atomic E-state index is 8.76. The third kappa shape index (κ3) is 4.23. The lowest BCUT2D eigenvalue weighted by Gasteiger charge is -2.17. The molecule has 0 aliphatic rings. The smallest absolute Gasteiger partial charge is 0.170 e. The summed E-state index contributed by atoms with van der Waals surface area (Å²) >= 11 is 1.83. The van der Waals surface area contributed by atoms with Crippen LogP contribution in [0.2, 0.25) is 0 Å². The molecule has 4 nitrogen and oxygen atoms in total. The molecule has 0 spiro atoms. The first-order valence-electron chi connectivity index (χ1n) is 6.01. The molecular weight excluding hydrogens is 246 g/mol. The van der Waals surface area contributed by atoms with Gasteiger partial charge in [-0.25, -0.2) is 0 Å². The summed E-state index contributed by atoms with van der Waals surface area (Å²) in [6, 6.07) is 8.19. The summed E-state index contributed by atoms with van der Waals surface area (Å²) in [5.74, 6) is 1.24. The van der Waals surface area contributed by atoms with E-state index >= 15 is 0 Å². The largest absolute Gasteiger partial charge is 0.409 e. The molecule has 0 fully saturated rings. The number of hydrogen-bond acceptors (Lipinski definition) is 4. The van der Waals surface area contributed by atoms with Crippen molar-refractivity contribution < 1.29 is 5.21 Å². The van der Waals surface area contributed by atoms with E-state index in [2.05, 4.69) is 23.7 Å². The molecule has 0 amide bonds. The molecule has 0 radical (unpaired) electrons. The Labute approximate surface area is 113 Å². The molecule has 0 saturated carbocycles. The monoisotopic (exact) mass is 267 g/mol. The summed E-state index contributed by atoms with van der Waals surface area (Å²) in [6.07, 6.45) is 3.20. The van der Waals surface area contributed by atoms with E-state index in [4.69, 9.17) is 10.9 Å². The van der Waals surface area contributed by atoms with Crippen LogP contribution < -0.4 is 11.1 Å². The molecule has 1 atom stereocenters. The fraction of sp³-hybridized carbons (Fsp3) is 0.462. The highest BCUT2D eigenvalue weighted by molar-refractivity contribution is 7.98. The molecule has 0 saturated heterocycles. The highest BCUT2D eigenvalue weighted by Crippen LogP contribution is 2.10. The highest BCUT2D eigenvalue weighted by Gasteiger charge is 2.09. The Morgan fingerprint density at radius 3 is 2.83 bits per heavy atom. The normalized spacial score (nSPS) is 13.6. The minimum absolute atomic E-state index is 0.158. The van der Waals surface area contributed by atoms with E-state index in [1.54, 1.807) is 0 Å². The van der Waals surface area contributed by atoms with Gasteiger partial charge in [0.2, 0.25) is 0 Å². The van der Waals surface area contributed by atoms with Crippen molar-refractivity contribution in [1.82, 2.24) is 5.32 Å². The first-order chi connectivity index (χ1) is 8.72. The van der Waals surface area contributed by atoms with Crippen LogP contribution in [0.15, 0.2) is 29.4 Å². The fourth-order valence-corrected chi connectivity index (χ4v) is 2.51.